The molecule has 0 aliphatic rings. The molecule has 1 aromatic carbocycles. The van der Waals surface area contributed by atoms with Crippen LogP contribution in [0.25, 0.3) is 0 Å². The molecule has 134 valence electrons. The molecule has 0 aliphatic heterocycles. The van der Waals surface area contributed by atoms with E-state index in [1.165, 1.54) is 11.6 Å². The second-order valence-corrected chi connectivity index (χ2v) is 5.09. The van der Waals surface area contributed by atoms with Crippen LogP contribution in [0.5, 0.6) is 5.75 Å². The highest BCUT2D eigenvalue weighted by molar-refractivity contribution is 5.93. The average molecular weight is 358 g/mol. The summed E-state index contributed by atoms with van der Waals surface area (Å²) in [4.78, 5) is 22.1. The molecule has 0 bridgehead atoms. The van der Waals surface area contributed by atoms with E-state index in [4.69, 9.17) is 0 Å². The Kier molecular flexibility index (Phi) is 5.57. The smallest absolute Gasteiger partial charge is 0.387 e. The van der Waals surface area contributed by atoms with E-state index in [2.05, 4.69) is 15.2 Å². The fourth-order valence-corrected chi connectivity index (χ4v) is 1.96. The number of hydrogen-bond donors (Lipinski definition) is 1. The van der Waals surface area contributed by atoms with Gasteiger partial charge < -0.3 is 10.1 Å². The van der Waals surface area contributed by atoms with E-state index in [-0.39, 0.29) is 17.9 Å². The highest BCUT2D eigenvalue weighted by Crippen LogP contribution is 2.27. The molecule has 0 saturated carbocycles. The third-order valence-electron chi connectivity index (χ3n) is 3.16. The van der Waals surface area contributed by atoms with Crippen molar-refractivity contribution in [3.05, 3.63) is 46.5 Å². The van der Waals surface area contributed by atoms with Gasteiger partial charge in [0.2, 0.25) is 5.91 Å². The van der Waals surface area contributed by atoms with Crippen molar-refractivity contribution >= 4 is 17.3 Å². The Bertz CT molecular complexity index is 781. The Balaban J connectivity index is 2.06. The summed E-state index contributed by atoms with van der Waals surface area (Å²) in [6.07, 6.45) is 2.20. The summed E-state index contributed by atoms with van der Waals surface area (Å²) in [5, 5.41) is 16.7. The van der Waals surface area contributed by atoms with Gasteiger partial charge in [-0.15, -0.1) is 0 Å². The first kappa shape index (κ1) is 18.2. The Hall–Kier alpha value is -3.11. The summed E-state index contributed by atoms with van der Waals surface area (Å²) >= 11 is 0. The molecule has 1 atom stereocenters. The number of anilines is 1. The molecular weight excluding hydrogens is 345 g/mol. The van der Waals surface area contributed by atoms with Crippen LogP contribution in [0.2, 0.25) is 0 Å². The Morgan fingerprint density at radius 3 is 2.80 bits per heavy atom. The molecule has 11 heteroatoms. The van der Waals surface area contributed by atoms with E-state index in [0.29, 0.717) is 0 Å². The van der Waals surface area contributed by atoms with Gasteiger partial charge in [0.25, 0.3) is 0 Å². The molecule has 1 unspecified atom stereocenters. The second-order valence-electron chi connectivity index (χ2n) is 5.09. The lowest BCUT2D eigenvalue weighted by Gasteiger charge is -2.15. The van der Waals surface area contributed by atoms with Gasteiger partial charge in [0.15, 0.2) is 5.75 Å². The molecule has 1 N–H and O–H groups in total. The predicted octanol–water partition coefficient (Wildman–Crippen LogP) is 2.81. The van der Waals surface area contributed by atoms with E-state index in [9.17, 15) is 28.1 Å². The predicted molar refractivity (Wildman–Crippen MR) is 79.7 cm³/mol. The Labute approximate surface area is 139 Å². The van der Waals surface area contributed by atoms with Gasteiger partial charge in [-0.25, -0.2) is 4.39 Å². The monoisotopic (exact) mass is 358 g/mol. The average Bonchev–Trinajstić information content (AvgIpc) is 2.98. The van der Waals surface area contributed by atoms with Crippen LogP contribution in [0.4, 0.5) is 24.5 Å². The molecule has 0 saturated heterocycles. The number of hydrogen-bond acceptors (Lipinski definition) is 5. The minimum absolute atomic E-state index is 0.0197. The molecule has 0 fully saturated rings. The molecule has 1 aromatic heterocycles. The summed E-state index contributed by atoms with van der Waals surface area (Å²) in [7, 11) is 0. The van der Waals surface area contributed by atoms with Crippen LogP contribution in [0.1, 0.15) is 6.92 Å². The standard InChI is InChI=1S/C14H13F3N4O4/c1-8(6-20-7-10(5-18-20)21(23)24)13(22)19-11-3-2-9(15)4-12(11)25-14(16)17/h2-5,7-8,14H,6H2,1H3,(H,19,22). The van der Waals surface area contributed by atoms with Crippen molar-refractivity contribution in [2.24, 2.45) is 5.92 Å². The fourth-order valence-electron chi connectivity index (χ4n) is 1.96. The molecule has 0 radical (unpaired) electrons. The number of nitro groups is 1. The van der Waals surface area contributed by atoms with Gasteiger partial charge in [-0.1, -0.05) is 6.92 Å². The molecule has 0 spiro atoms. The zero-order valence-corrected chi connectivity index (χ0v) is 12.9. The van der Waals surface area contributed by atoms with Crippen molar-refractivity contribution in [1.29, 1.82) is 0 Å². The maximum atomic E-state index is 13.1. The van der Waals surface area contributed by atoms with Crippen LogP contribution in [0.15, 0.2) is 30.6 Å². The molecule has 1 heterocycles. The highest BCUT2D eigenvalue weighted by Gasteiger charge is 2.19. The maximum absolute atomic E-state index is 13.1. The zero-order valence-electron chi connectivity index (χ0n) is 12.9. The number of amides is 1. The van der Waals surface area contributed by atoms with Crippen LogP contribution in [-0.2, 0) is 11.3 Å². The molecule has 0 aliphatic carbocycles. The van der Waals surface area contributed by atoms with Crippen LogP contribution in [0.3, 0.4) is 0 Å². The van der Waals surface area contributed by atoms with Gasteiger partial charge in [0, 0.05) is 6.07 Å². The number of aromatic nitrogens is 2. The lowest BCUT2D eigenvalue weighted by Crippen LogP contribution is -2.25. The molecule has 2 rings (SSSR count). The summed E-state index contributed by atoms with van der Waals surface area (Å²) in [5.74, 6) is -2.59. The highest BCUT2D eigenvalue weighted by atomic mass is 19.3. The van der Waals surface area contributed by atoms with Gasteiger partial charge >= 0.3 is 12.3 Å². The largest absolute Gasteiger partial charge is 0.432 e. The van der Waals surface area contributed by atoms with E-state index in [1.807, 2.05) is 0 Å². The van der Waals surface area contributed by atoms with E-state index < -0.39 is 34.9 Å². The number of carbonyl (C=O) groups excluding carboxylic acids is 1. The zero-order chi connectivity index (χ0) is 18.6. The van der Waals surface area contributed by atoms with Crippen molar-refractivity contribution in [2.45, 2.75) is 20.1 Å². The van der Waals surface area contributed by atoms with E-state index in [0.717, 1.165) is 30.6 Å². The van der Waals surface area contributed by atoms with Gasteiger partial charge in [-0.05, 0) is 12.1 Å². The Morgan fingerprint density at radius 1 is 1.48 bits per heavy atom. The van der Waals surface area contributed by atoms with Crippen LogP contribution >= 0.6 is 0 Å². The van der Waals surface area contributed by atoms with Crippen molar-refractivity contribution < 1.29 is 27.6 Å². The molecule has 1 amide bonds. The summed E-state index contributed by atoms with van der Waals surface area (Å²) in [6.45, 7) is -1.65. The number of benzene rings is 1. The first-order valence-corrected chi connectivity index (χ1v) is 6.98. The first-order chi connectivity index (χ1) is 11.8. The van der Waals surface area contributed by atoms with Crippen molar-refractivity contribution in [3.63, 3.8) is 0 Å². The number of alkyl halides is 2. The fraction of sp³-hybridized carbons (Fsp3) is 0.286. The molecule has 2 aromatic rings. The minimum atomic E-state index is -3.18. The number of carbonyl (C=O) groups is 1. The topological polar surface area (TPSA) is 99.3 Å². The summed E-state index contributed by atoms with van der Waals surface area (Å²) in [6, 6.07) is 2.80. The number of rotatable bonds is 7. The molecule has 8 nitrogen and oxygen atoms in total. The summed E-state index contributed by atoms with van der Waals surface area (Å²) < 4.78 is 43.2. The Morgan fingerprint density at radius 2 is 2.20 bits per heavy atom. The lowest BCUT2D eigenvalue weighted by molar-refractivity contribution is -0.385. The normalized spacial score (nSPS) is 12.0. The van der Waals surface area contributed by atoms with Crippen molar-refractivity contribution in [1.82, 2.24) is 9.78 Å². The maximum Gasteiger partial charge on any atom is 0.387 e. The SMILES string of the molecule is CC(Cn1cc([N+](=O)[O-])cn1)C(=O)Nc1ccc(F)cc1OC(F)F. The molecule has 25 heavy (non-hydrogen) atoms. The van der Waals surface area contributed by atoms with Crippen molar-refractivity contribution in [2.75, 3.05) is 5.32 Å². The first-order valence-electron chi connectivity index (χ1n) is 6.98. The third kappa shape index (κ3) is 4.93. The van der Waals surface area contributed by atoms with Gasteiger partial charge in [0.05, 0.1) is 23.1 Å². The van der Waals surface area contributed by atoms with E-state index in [1.54, 1.807) is 0 Å². The van der Waals surface area contributed by atoms with E-state index >= 15 is 0 Å². The third-order valence-corrected chi connectivity index (χ3v) is 3.16. The van der Waals surface area contributed by atoms with Gasteiger partial charge in [0.1, 0.15) is 18.2 Å². The lowest BCUT2D eigenvalue weighted by atomic mass is 10.1. The minimum Gasteiger partial charge on any atom is -0.432 e. The van der Waals surface area contributed by atoms with Gasteiger partial charge in [-0.2, -0.15) is 13.9 Å². The second kappa shape index (κ2) is 7.64. The number of halogens is 3. The molecular formula is C14H13F3N4O4. The van der Waals surface area contributed by atoms with Crippen LogP contribution in [0, 0.1) is 21.8 Å². The number of ether oxygens (including phenoxy) is 1. The summed E-state index contributed by atoms with van der Waals surface area (Å²) in [5.41, 5.74) is -0.344. The van der Waals surface area contributed by atoms with Crippen LogP contribution in [-0.4, -0.2) is 27.2 Å². The number of nitrogens with zero attached hydrogens (tertiary/aromatic N) is 3. The number of nitrogens with one attached hydrogen (secondary N) is 1. The van der Waals surface area contributed by atoms with Crippen molar-refractivity contribution in [3.8, 4) is 5.75 Å². The van der Waals surface area contributed by atoms with Crippen LogP contribution < -0.4 is 10.1 Å². The quantitative estimate of drug-likeness (QED) is 0.606. The van der Waals surface area contributed by atoms with Gasteiger partial charge in [-0.3, -0.25) is 19.6 Å².